The van der Waals surface area contributed by atoms with Crippen LogP contribution >= 0.6 is 23.2 Å². The molecule has 1 aromatic carbocycles. The molecule has 0 atom stereocenters. The van der Waals surface area contributed by atoms with Crippen LogP contribution < -0.4 is 0 Å². The van der Waals surface area contributed by atoms with Crippen LogP contribution in [-0.2, 0) is 0 Å². The summed E-state index contributed by atoms with van der Waals surface area (Å²) < 4.78 is 0. The van der Waals surface area contributed by atoms with Crippen molar-refractivity contribution in [3.63, 3.8) is 0 Å². The predicted molar refractivity (Wildman–Crippen MR) is 59.2 cm³/mol. The van der Waals surface area contributed by atoms with E-state index in [1.165, 1.54) is 0 Å². The molecule has 0 aromatic heterocycles. The molecule has 1 aliphatic rings. The van der Waals surface area contributed by atoms with Crippen molar-refractivity contribution in [2.24, 2.45) is 0 Å². The summed E-state index contributed by atoms with van der Waals surface area (Å²) in [6, 6.07) is 5.39. The highest BCUT2D eigenvalue weighted by molar-refractivity contribution is 6.35. The Balaban J connectivity index is 2.49. The van der Waals surface area contributed by atoms with Crippen LogP contribution in [0.5, 0.6) is 0 Å². The van der Waals surface area contributed by atoms with Gasteiger partial charge in [-0.3, -0.25) is 0 Å². The predicted octanol–water partition coefficient (Wildman–Crippen LogP) is 4.42. The molecular formula is C11H7Cl2N. The lowest BCUT2D eigenvalue weighted by Gasteiger charge is -2.19. The van der Waals surface area contributed by atoms with E-state index in [1.807, 2.05) is 6.07 Å². The maximum absolute atomic E-state index is 6.95. The van der Waals surface area contributed by atoms with Gasteiger partial charge in [-0.1, -0.05) is 29.3 Å². The van der Waals surface area contributed by atoms with E-state index in [-0.39, 0.29) is 0 Å². The zero-order chi connectivity index (χ0) is 10.1. The van der Waals surface area contributed by atoms with E-state index in [4.69, 9.17) is 29.8 Å². The van der Waals surface area contributed by atoms with Gasteiger partial charge in [-0.25, -0.2) is 4.85 Å². The molecule has 14 heavy (non-hydrogen) atoms. The SMILES string of the molecule is [C-]#[N+]C1=C(c2ccc(Cl)cc2Cl)CC1. The van der Waals surface area contributed by atoms with Gasteiger partial charge in [0.1, 0.15) is 0 Å². The molecule has 0 spiro atoms. The molecular weight excluding hydrogens is 217 g/mol. The van der Waals surface area contributed by atoms with Crippen LogP contribution in [0.15, 0.2) is 23.9 Å². The van der Waals surface area contributed by atoms with Gasteiger partial charge in [0.05, 0.1) is 6.57 Å². The molecule has 0 heterocycles. The minimum Gasteiger partial charge on any atom is -0.242 e. The first-order valence-corrected chi connectivity index (χ1v) is 5.03. The van der Waals surface area contributed by atoms with Crippen LogP contribution in [0.3, 0.4) is 0 Å². The third-order valence-corrected chi connectivity index (χ3v) is 2.90. The summed E-state index contributed by atoms with van der Waals surface area (Å²) in [6.07, 6.45) is 1.82. The summed E-state index contributed by atoms with van der Waals surface area (Å²) in [7, 11) is 0. The molecule has 70 valence electrons. The third kappa shape index (κ3) is 1.52. The van der Waals surface area contributed by atoms with Crippen molar-refractivity contribution in [1.29, 1.82) is 0 Å². The zero-order valence-electron chi connectivity index (χ0n) is 7.35. The van der Waals surface area contributed by atoms with Crippen LogP contribution in [0.4, 0.5) is 0 Å². The molecule has 0 N–H and O–H groups in total. The fourth-order valence-corrected chi connectivity index (χ4v) is 2.03. The molecule has 0 unspecified atom stereocenters. The Morgan fingerprint density at radius 2 is 2.00 bits per heavy atom. The van der Waals surface area contributed by atoms with E-state index in [9.17, 15) is 0 Å². The van der Waals surface area contributed by atoms with Gasteiger partial charge in [0.2, 0.25) is 0 Å². The van der Waals surface area contributed by atoms with Crippen molar-refractivity contribution >= 4 is 28.8 Å². The number of hydrogen-bond donors (Lipinski definition) is 0. The lowest BCUT2D eigenvalue weighted by molar-refractivity contribution is 0.932. The largest absolute Gasteiger partial charge is 0.242 e. The summed E-state index contributed by atoms with van der Waals surface area (Å²) >= 11 is 11.8. The first-order valence-electron chi connectivity index (χ1n) is 4.27. The normalized spacial score (nSPS) is 14.9. The van der Waals surface area contributed by atoms with E-state index in [2.05, 4.69) is 4.85 Å². The third-order valence-electron chi connectivity index (χ3n) is 2.35. The number of benzene rings is 1. The molecule has 0 amide bonds. The van der Waals surface area contributed by atoms with Crippen molar-refractivity contribution in [2.75, 3.05) is 0 Å². The van der Waals surface area contributed by atoms with Crippen LogP contribution in [0.1, 0.15) is 18.4 Å². The van der Waals surface area contributed by atoms with Crippen molar-refractivity contribution in [3.05, 3.63) is 50.9 Å². The Hall–Kier alpha value is -0.970. The topological polar surface area (TPSA) is 4.36 Å². The molecule has 0 saturated heterocycles. The first kappa shape index (κ1) is 9.58. The van der Waals surface area contributed by atoms with Crippen LogP contribution in [0, 0.1) is 6.57 Å². The first-order chi connectivity index (χ1) is 6.72. The van der Waals surface area contributed by atoms with Gasteiger partial charge >= 0.3 is 0 Å². The molecule has 2 rings (SSSR count). The number of nitrogens with zero attached hydrogens (tertiary/aromatic N) is 1. The molecule has 0 radical (unpaired) electrons. The lowest BCUT2D eigenvalue weighted by Crippen LogP contribution is -2.00. The Kier molecular flexibility index (Phi) is 2.50. The maximum atomic E-state index is 6.95. The van der Waals surface area contributed by atoms with Gasteiger partial charge in [-0.2, -0.15) is 0 Å². The monoisotopic (exact) mass is 223 g/mol. The molecule has 0 bridgehead atoms. The van der Waals surface area contributed by atoms with Gasteiger partial charge < -0.3 is 0 Å². The van der Waals surface area contributed by atoms with Crippen molar-refractivity contribution in [2.45, 2.75) is 12.8 Å². The van der Waals surface area contributed by atoms with Gasteiger partial charge in [-0.05, 0) is 36.1 Å². The quantitative estimate of drug-likeness (QED) is 0.622. The maximum Gasteiger partial charge on any atom is 0.169 e. The van der Waals surface area contributed by atoms with Gasteiger partial charge in [0.15, 0.2) is 5.70 Å². The molecule has 3 heteroatoms. The summed E-state index contributed by atoms with van der Waals surface area (Å²) in [5.41, 5.74) is 2.85. The van der Waals surface area contributed by atoms with Crippen LogP contribution in [0.2, 0.25) is 10.0 Å². The second-order valence-corrected chi connectivity index (χ2v) is 4.00. The van der Waals surface area contributed by atoms with Gasteiger partial charge in [-0.15, -0.1) is 0 Å². The highest BCUT2D eigenvalue weighted by Gasteiger charge is 2.20. The molecule has 0 fully saturated rings. The Bertz CT molecular complexity index is 455. The summed E-state index contributed by atoms with van der Waals surface area (Å²) in [5, 5.41) is 1.26. The van der Waals surface area contributed by atoms with E-state index in [0.717, 1.165) is 29.7 Å². The highest BCUT2D eigenvalue weighted by atomic mass is 35.5. The van der Waals surface area contributed by atoms with Gasteiger partial charge in [0.25, 0.3) is 0 Å². The number of halogens is 2. The van der Waals surface area contributed by atoms with Crippen LogP contribution in [0.25, 0.3) is 10.4 Å². The summed E-state index contributed by atoms with van der Waals surface area (Å²) in [5.74, 6) is 0. The van der Waals surface area contributed by atoms with E-state index in [1.54, 1.807) is 12.1 Å². The number of rotatable bonds is 1. The average molecular weight is 224 g/mol. The summed E-state index contributed by atoms with van der Waals surface area (Å²) in [4.78, 5) is 3.45. The minimum atomic E-state index is 0.628. The number of allylic oxidation sites excluding steroid dienone is 2. The van der Waals surface area contributed by atoms with E-state index in [0.29, 0.717) is 10.0 Å². The Morgan fingerprint density at radius 1 is 1.21 bits per heavy atom. The van der Waals surface area contributed by atoms with E-state index < -0.39 is 0 Å². The molecule has 1 aliphatic carbocycles. The molecule has 1 aromatic rings. The second-order valence-electron chi connectivity index (χ2n) is 3.16. The molecule has 1 nitrogen and oxygen atoms in total. The average Bonchev–Trinajstić information content (AvgIpc) is 2.08. The Morgan fingerprint density at radius 3 is 2.50 bits per heavy atom. The Labute approximate surface area is 92.8 Å². The molecule has 0 aliphatic heterocycles. The fourth-order valence-electron chi connectivity index (χ4n) is 1.51. The second kappa shape index (κ2) is 3.65. The standard InChI is InChI=1S/C11H7Cl2N/c1-14-11-5-4-9(11)8-3-2-7(12)6-10(8)13/h2-3,6H,4-5H2. The van der Waals surface area contributed by atoms with Crippen molar-refractivity contribution in [3.8, 4) is 0 Å². The van der Waals surface area contributed by atoms with Gasteiger partial charge in [0, 0.05) is 10.0 Å². The molecule has 0 saturated carbocycles. The zero-order valence-corrected chi connectivity index (χ0v) is 8.86. The fraction of sp³-hybridized carbons (Fsp3) is 0.182. The highest BCUT2D eigenvalue weighted by Crippen LogP contribution is 2.40. The van der Waals surface area contributed by atoms with Crippen molar-refractivity contribution < 1.29 is 0 Å². The lowest BCUT2D eigenvalue weighted by atomic mass is 9.88. The smallest absolute Gasteiger partial charge is 0.169 e. The summed E-state index contributed by atoms with van der Waals surface area (Å²) in [6.45, 7) is 6.95. The minimum absolute atomic E-state index is 0.628. The van der Waals surface area contributed by atoms with Crippen molar-refractivity contribution in [1.82, 2.24) is 0 Å². The number of hydrogen-bond acceptors (Lipinski definition) is 0. The van der Waals surface area contributed by atoms with E-state index >= 15 is 0 Å². The van der Waals surface area contributed by atoms with Crippen LogP contribution in [-0.4, -0.2) is 0 Å².